The van der Waals surface area contributed by atoms with Crippen molar-refractivity contribution in [1.29, 1.82) is 0 Å². The summed E-state index contributed by atoms with van der Waals surface area (Å²) in [6, 6.07) is 19.4. The van der Waals surface area contributed by atoms with Gasteiger partial charge in [0.2, 0.25) is 0 Å². The van der Waals surface area contributed by atoms with E-state index in [1.54, 1.807) is 6.07 Å². The van der Waals surface area contributed by atoms with E-state index in [0.29, 0.717) is 10.6 Å². The molecule has 0 bridgehead atoms. The van der Waals surface area contributed by atoms with E-state index in [2.05, 4.69) is 25.1 Å². The molecule has 2 aromatic carbocycles. The Hall–Kier alpha value is -2.72. The fourth-order valence-corrected chi connectivity index (χ4v) is 2.88. The fraction of sp³-hybridized carbons (Fsp3) is 0.100. The van der Waals surface area contributed by atoms with Crippen LogP contribution in [0.3, 0.4) is 0 Å². The van der Waals surface area contributed by atoms with Crippen LogP contribution in [-0.4, -0.2) is 11.7 Å². The van der Waals surface area contributed by atoms with Crippen LogP contribution in [0, 0.1) is 13.8 Å². The molecule has 1 heterocycles. The molecule has 120 valence electrons. The van der Waals surface area contributed by atoms with Crippen molar-refractivity contribution in [2.24, 2.45) is 5.16 Å². The quantitative estimate of drug-likeness (QED) is 0.383. The highest BCUT2D eigenvalue weighted by atomic mass is 32.1. The second-order valence-corrected chi connectivity index (χ2v) is 6.41. The minimum atomic E-state index is -0.442. The lowest BCUT2D eigenvalue weighted by Crippen LogP contribution is -2.07. The predicted octanol–water partition coefficient (Wildman–Crippen LogP) is 4.97. The normalized spacial score (nSPS) is 11.3. The first-order valence-electron chi connectivity index (χ1n) is 7.61. The third-order valence-electron chi connectivity index (χ3n) is 3.77. The van der Waals surface area contributed by atoms with Gasteiger partial charge in [-0.15, -0.1) is 11.3 Å². The summed E-state index contributed by atoms with van der Waals surface area (Å²) >= 11 is 1.33. The van der Waals surface area contributed by atoms with Gasteiger partial charge in [0.15, 0.2) is 0 Å². The van der Waals surface area contributed by atoms with Gasteiger partial charge in [0.25, 0.3) is 0 Å². The number of oxime groups is 1. The van der Waals surface area contributed by atoms with E-state index >= 15 is 0 Å². The van der Waals surface area contributed by atoms with E-state index in [-0.39, 0.29) is 0 Å². The minimum Gasteiger partial charge on any atom is -0.311 e. The molecule has 0 aliphatic rings. The van der Waals surface area contributed by atoms with Gasteiger partial charge >= 0.3 is 5.97 Å². The summed E-state index contributed by atoms with van der Waals surface area (Å²) in [4.78, 5) is 17.8. The van der Waals surface area contributed by atoms with Crippen LogP contribution >= 0.6 is 11.3 Å². The Morgan fingerprint density at radius 2 is 1.71 bits per heavy atom. The molecule has 4 heteroatoms. The van der Waals surface area contributed by atoms with E-state index in [9.17, 15) is 4.79 Å². The van der Waals surface area contributed by atoms with Gasteiger partial charge in [-0.1, -0.05) is 53.7 Å². The lowest BCUT2D eigenvalue weighted by Gasteiger charge is -2.09. The number of aryl methyl sites for hydroxylation is 2. The average Bonchev–Trinajstić information content (AvgIpc) is 3.13. The van der Waals surface area contributed by atoms with Gasteiger partial charge in [-0.3, -0.25) is 0 Å². The monoisotopic (exact) mass is 335 g/mol. The largest absolute Gasteiger partial charge is 0.375 e. The van der Waals surface area contributed by atoms with Crippen molar-refractivity contribution in [2.75, 3.05) is 0 Å². The maximum Gasteiger partial charge on any atom is 0.375 e. The molecule has 3 nitrogen and oxygen atoms in total. The average molecular weight is 335 g/mol. The highest BCUT2D eigenvalue weighted by Crippen LogP contribution is 2.17. The first-order valence-corrected chi connectivity index (χ1v) is 8.49. The standard InChI is InChI=1S/C20H17NO2S/c1-14-10-11-17(13-15(14)2)19(16-7-4-3-5-8-16)21-23-20(22)18-9-6-12-24-18/h3-13H,1-2H3/b21-19+. The summed E-state index contributed by atoms with van der Waals surface area (Å²) in [5, 5.41) is 6.00. The van der Waals surface area contributed by atoms with Gasteiger partial charge in [-0.05, 0) is 42.5 Å². The van der Waals surface area contributed by atoms with Crippen LogP contribution < -0.4 is 0 Å². The zero-order chi connectivity index (χ0) is 16.9. The van der Waals surface area contributed by atoms with Crippen LogP contribution in [0.25, 0.3) is 0 Å². The Balaban J connectivity index is 1.97. The maximum absolute atomic E-state index is 12.1. The number of thiophene rings is 1. The Morgan fingerprint density at radius 3 is 2.38 bits per heavy atom. The van der Waals surface area contributed by atoms with Crippen molar-refractivity contribution < 1.29 is 9.63 Å². The number of benzene rings is 2. The summed E-state index contributed by atoms with van der Waals surface area (Å²) in [5.74, 6) is -0.442. The van der Waals surface area contributed by atoms with Gasteiger partial charge in [-0.2, -0.15) is 0 Å². The smallest absolute Gasteiger partial charge is 0.311 e. The first-order chi connectivity index (χ1) is 11.6. The molecule has 0 N–H and O–H groups in total. The Kier molecular flexibility index (Phi) is 4.87. The highest BCUT2D eigenvalue weighted by Gasteiger charge is 2.12. The van der Waals surface area contributed by atoms with E-state index in [1.807, 2.05) is 53.9 Å². The second kappa shape index (κ2) is 7.23. The number of hydrogen-bond acceptors (Lipinski definition) is 4. The molecule has 0 aliphatic carbocycles. The summed E-state index contributed by atoms with van der Waals surface area (Å²) in [6.45, 7) is 4.12. The number of carbonyl (C=O) groups excluding carboxylic acids is 1. The molecule has 1 aromatic heterocycles. The van der Waals surface area contributed by atoms with Crippen molar-refractivity contribution in [3.8, 4) is 0 Å². The van der Waals surface area contributed by atoms with Crippen molar-refractivity contribution in [2.45, 2.75) is 13.8 Å². The van der Waals surface area contributed by atoms with Crippen molar-refractivity contribution in [3.05, 3.63) is 93.2 Å². The molecule has 3 aromatic rings. The number of nitrogens with zero attached hydrogens (tertiary/aromatic N) is 1. The Bertz CT molecular complexity index is 868. The molecule has 0 saturated heterocycles. The van der Waals surface area contributed by atoms with E-state index < -0.39 is 5.97 Å². The van der Waals surface area contributed by atoms with Crippen LogP contribution in [0.5, 0.6) is 0 Å². The minimum absolute atomic E-state index is 0.442. The molecule has 0 aliphatic heterocycles. The van der Waals surface area contributed by atoms with Crippen LogP contribution in [0.15, 0.2) is 71.2 Å². The molecule has 0 radical (unpaired) electrons. The van der Waals surface area contributed by atoms with Crippen molar-refractivity contribution >= 4 is 23.0 Å². The molecule has 0 amide bonds. The van der Waals surface area contributed by atoms with E-state index in [1.165, 1.54) is 22.5 Å². The number of hydrogen-bond donors (Lipinski definition) is 0. The van der Waals surface area contributed by atoms with Gasteiger partial charge in [0, 0.05) is 11.1 Å². The molecule has 0 atom stereocenters. The second-order valence-electron chi connectivity index (χ2n) is 5.46. The van der Waals surface area contributed by atoms with Crippen LogP contribution in [0.2, 0.25) is 0 Å². The maximum atomic E-state index is 12.1. The molecular formula is C20H17NO2S. The number of rotatable bonds is 4. The zero-order valence-electron chi connectivity index (χ0n) is 13.5. The zero-order valence-corrected chi connectivity index (χ0v) is 14.3. The van der Waals surface area contributed by atoms with Crippen LogP contribution in [0.4, 0.5) is 0 Å². The summed E-state index contributed by atoms with van der Waals surface area (Å²) in [5.41, 5.74) is 4.84. The predicted molar refractivity (Wildman–Crippen MR) is 97.7 cm³/mol. The molecule has 24 heavy (non-hydrogen) atoms. The molecule has 0 unspecified atom stereocenters. The lowest BCUT2D eigenvalue weighted by atomic mass is 9.99. The molecule has 0 spiro atoms. The van der Waals surface area contributed by atoms with E-state index in [4.69, 9.17) is 4.84 Å². The summed E-state index contributed by atoms with van der Waals surface area (Å²) < 4.78 is 0. The lowest BCUT2D eigenvalue weighted by molar-refractivity contribution is 0.0523. The summed E-state index contributed by atoms with van der Waals surface area (Å²) in [6.07, 6.45) is 0. The van der Waals surface area contributed by atoms with E-state index in [0.717, 1.165) is 11.1 Å². The van der Waals surface area contributed by atoms with Gasteiger partial charge < -0.3 is 4.84 Å². The molecule has 0 saturated carbocycles. The first kappa shape index (κ1) is 16.1. The van der Waals surface area contributed by atoms with Crippen molar-refractivity contribution in [1.82, 2.24) is 0 Å². The molecule has 0 fully saturated rings. The van der Waals surface area contributed by atoms with Crippen LogP contribution in [-0.2, 0) is 4.84 Å². The summed E-state index contributed by atoms with van der Waals surface area (Å²) in [7, 11) is 0. The van der Waals surface area contributed by atoms with Crippen LogP contribution in [0.1, 0.15) is 31.9 Å². The SMILES string of the molecule is Cc1ccc(/C(=N/OC(=O)c2cccs2)c2ccccc2)cc1C. The number of carbonyl (C=O) groups is 1. The van der Waals surface area contributed by atoms with Crippen molar-refractivity contribution in [3.63, 3.8) is 0 Å². The Morgan fingerprint density at radius 1 is 0.917 bits per heavy atom. The third kappa shape index (κ3) is 3.60. The van der Waals surface area contributed by atoms with Gasteiger partial charge in [0.05, 0.1) is 0 Å². The highest BCUT2D eigenvalue weighted by molar-refractivity contribution is 7.11. The fourth-order valence-electron chi connectivity index (χ4n) is 2.28. The Labute approximate surface area is 145 Å². The van der Waals surface area contributed by atoms with Gasteiger partial charge in [-0.25, -0.2) is 4.79 Å². The topological polar surface area (TPSA) is 38.7 Å². The van der Waals surface area contributed by atoms with Gasteiger partial charge in [0.1, 0.15) is 10.6 Å². The third-order valence-corrected chi connectivity index (χ3v) is 4.62. The molecular weight excluding hydrogens is 318 g/mol. The molecule has 3 rings (SSSR count).